The minimum Gasteiger partial charge on any atom is -0.464 e. The first kappa shape index (κ1) is 13.5. The molecule has 0 radical (unpaired) electrons. The first-order valence-electron chi connectivity index (χ1n) is 5.99. The fraction of sp³-hybridized carbons (Fsp3) is 0.385. The van der Waals surface area contributed by atoms with E-state index in [0.29, 0.717) is 5.75 Å². The standard InChI is InChI=1S/C13H17NO2S2/c1-2-7-14-9-11-5-6-12(16-11)10-18(15)13-4-3-8-17-13/h3-6,8,14H,2,7,9-10H2,1H3. The molecule has 0 saturated heterocycles. The molecule has 98 valence electrons. The second-order valence-electron chi connectivity index (χ2n) is 3.97. The molecule has 0 aliphatic heterocycles. The van der Waals surface area contributed by atoms with Gasteiger partial charge in [0.25, 0.3) is 0 Å². The highest BCUT2D eigenvalue weighted by atomic mass is 32.2. The van der Waals surface area contributed by atoms with Crippen molar-refractivity contribution in [1.29, 1.82) is 0 Å². The molecule has 0 aromatic carbocycles. The highest BCUT2D eigenvalue weighted by molar-refractivity contribution is 7.86. The third kappa shape index (κ3) is 3.80. The van der Waals surface area contributed by atoms with Crippen molar-refractivity contribution in [2.45, 2.75) is 29.9 Å². The van der Waals surface area contributed by atoms with Gasteiger partial charge in [-0.1, -0.05) is 13.0 Å². The Balaban J connectivity index is 1.88. The van der Waals surface area contributed by atoms with E-state index in [1.807, 2.05) is 29.6 Å². The molecule has 1 atom stereocenters. The van der Waals surface area contributed by atoms with Crippen LogP contribution in [0.15, 0.2) is 38.3 Å². The smallest absolute Gasteiger partial charge is 0.118 e. The summed E-state index contributed by atoms with van der Waals surface area (Å²) in [6.07, 6.45) is 1.11. The minimum absolute atomic E-state index is 0.453. The Labute approximate surface area is 114 Å². The van der Waals surface area contributed by atoms with E-state index in [2.05, 4.69) is 12.2 Å². The zero-order chi connectivity index (χ0) is 12.8. The Kier molecular flexibility index (Phi) is 5.16. The van der Waals surface area contributed by atoms with Crippen molar-refractivity contribution >= 4 is 22.1 Å². The van der Waals surface area contributed by atoms with Crippen molar-refractivity contribution in [2.24, 2.45) is 0 Å². The van der Waals surface area contributed by atoms with E-state index >= 15 is 0 Å². The first-order valence-corrected chi connectivity index (χ1v) is 8.19. The van der Waals surface area contributed by atoms with E-state index in [0.717, 1.165) is 35.2 Å². The molecular formula is C13H17NO2S2. The van der Waals surface area contributed by atoms with E-state index in [9.17, 15) is 4.21 Å². The van der Waals surface area contributed by atoms with E-state index in [1.165, 1.54) is 11.3 Å². The SMILES string of the molecule is CCCNCc1ccc(CS(=O)c2cccs2)o1. The number of hydrogen-bond donors (Lipinski definition) is 1. The van der Waals surface area contributed by atoms with E-state index in [1.54, 1.807) is 0 Å². The summed E-state index contributed by atoms with van der Waals surface area (Å²) in [6.45, 7) is 3.85. The van der Waals surface area contributed by atoms with Gasteiger partial charge < -0.3 is 9.73 Å². The van der Waals surface area contributed by atoms with E-state index in [-0.39, 0.29) is 0 Å². The Morgan fingerprint density at radius 3 is 2.89 bits per heavy atom. The molecule has 0 bridgehead atoms. The molecule has 0 aliphatic rings. The Bertz CT molecular complexity index is 491. The highest BCUT2D eigenvalue weighted by Gasteiger charge is 2.09. The lowest BCUT2D eigenvalue weighted by Crippen LogP contribution is -2.13. The monoisotopic (exact) mass is 283 g/mol. The third-order valence-electron chi connectivity index (χ3n) is 2.44. The van der Waals surface area contributed by atoms with Crippen LogP contribution in [0.2, 0.25) is 0 Å². The number of furan rings is 1. The van der Waals surface area contributed by atoms with Crippen molar-refractivity contribution in [1.82, 2.24) is 5.32 Å². The second-order valence-corrected chi connectivity index (χ2v) is 6.59. The van der Waals surface area contributed by atoms with Crippen molar-refractivity contribution in [3.05, 3.63) is 41.2 Å². The lowest BCUT2D eigenvalue weighted by Gasteiger charge is -1.99. The molecule has 1 unspecified atom stereocenters. The zero-order valence-corrected chi connectivity index (χ0v) is 12.0. The first-order chi connectivity index (χ1) is 8.79. The molecule has 2 aromatic rings. The van der Waals surface area contributed by atoms with Crippen LogP contribution in [0.25, 0.3) is 0 Å². The van der Waals surface area contributed by atoms with Gasteiger partial charge in [0.05, 0.1) is 27.3 Å². The van der Waals surface area contributed by atoms with Crippen LogP contribution in [0.4, 0.5) is 0 Å². The third-order valence-corrected chi connectivity index (χ3v) is 5.08. The summed E-state index contributed by atoms with van der Waals surface area (Å²) in [6, 6.07) is 7.67. The molecule has 0 fully saturated rings. The van der Waals surface area contributed by atoms with Crippen LogP contribution in [-0.4, -0.2) is 10.8 Å². The molecular weight excluding hydrogens is 266 g/mol. The van der Waals surface area contributed by atoms with Gasteiger partial charge in [0, 0.05) is 0 Å². The summed E-state index contributed by atoms with van der Waals surface area (Å²) in [4.78, 5) is 0. The molecule has 5 heteroatoms. The van der Waals surface area contributed by atoms with Crippen molar-refractivity contribution in [2.75, 3.05) is 6.54 Å². The average Bonchev–Trinajstić information content (AvgIpc) is 3.00. The molecule has 18 heavy (non-hydrogen) atoms. The Morgan fingerprint density at radius 2 is 2.17 bits per heavy atom. The normalized spacial score (nSPS) is 12.7. The molecule has 2 rings (SSSR count). The van der Waals surface area contributed by atoms with Gasteiger partial charge in [-0.2, -0.15) is 0 Å². The van der Waals surface area contributed by atoms with Gasteiger partial charge in [-0.15, -0.1) is 11.3 Å². The number of nitrogens with one attached hydrogen (secondary N) is 1. The van der Waals surface area contributed by atoms with Gasteiger partial charge in [-0.05, 0) is 36.5 Å². The van der Waals surface area contributed by atoms with Crippen LogP contribution in [0.1, 0.15) is 24.9 Å². The molecule has 0 amide bonds. The number of thiophene rings is 1. The molecule has 2 aromatic heterocycles. The lowest BCUT2D eigenvalue weighted by molar-refractivity contribution is 0.458. The quantitative estimate of drug-likeness (QED) is 0.794. The van der Waals surface area contributed by atoms with Crippen LogP contribution in [0, 0.1) is 0 Å². The highest BCUT2D eigenvalue weighted by Crippen LogP contribution is 2.18. The summed E-state index contributed by atoms with van der Waals surface area (Å²) < 4.78 is 18.5. The van der Waals surface area contributed by atoms with Gasteiger partial charge in [0.15, 0.2) is 0 Å². The predicted octanol–water partition coefficient (Wildman–Crippen LogP) is 3.15. The average molecular weight is 283 g/mol. The Morgan fingerprint density at radius 1 is 1.33 bits per heavy atom. The fourth-order valence-corrected chi connectivity index (χ4v) is 3.58. The second kappa shape index (κ2) is 6.87. The summed E-state index contributed by atoms with van der Waals surface area (Å²) in [5.74, 6) is 2.14. The molecule has 1 N–H and O–H groups in total. The Hall–Kier alpha value is -0.910. The van der Waals surface area contributed by atoms with Crippen LogP contribution in [0.3, 0.4) is 0 Å². The van der Waals surface area contributed by atoms with Crippen LogP contribution >= 0.6 is 11.3 Å². The maximum Gasteiger partial charge on any atom is 0.118 e. The van der Waals surface area contributed by atoms with Crippen LogP contribution < -0.4 is 5.32 Å². The van der Waals surface area contributed by atoms with Crippen molar-refractivity contribution in [3.63, 3.8) is 0 Å². The molecule has 0 spiro atoms. The summed E-state index contributed by atoms with van der Waals surface area (Å²) >= 11 is 1.52. The largest absolute Gasteiger partial charge is 0.464 e. The van der Waals surface area contributed by atoms with Gasteiger partial charge in [0.1, 0.15) is 11.5 Å². The van der Waals surface area contributed by atoms with Crippen LogP contribution in [-0.2, 0) is 23.1 Å². The van der Waals surface area contributed by atoms with Gasteiger partial charge in [-0.3, -0.25) is 4.21 Å². The molecule has 3 nitrogen and oxygen atoms in total. The van der Waals surface area contributed by atoms with Crippen LogP contribution in [0.5, 0.6) is 0 Å². The predicted molar refractivity (Wildman–Crippen MR) is 75.1 cm³/mol. The maximum absolute atomic E-state index is 12.0. The van der Waals surface area contributed by atoms with Crippen molar-refractivity contribution in [3.8, 4) is 0 Å². The van der Waals surface area contributed by atoms with E-state index < -0.39 is 10.8 Å². The number of hydrogen-bond acceptors (Lipinski definition) is 4. The number of rotatable bonds is 7. The van der Waals surface area contributed by atoms with Gasteiger partial charge in [-0.25, -0.2) is 0 Å². The summed E-state index contributed by atoms with van der Waals surface area (Å²) in [7, 11) is -0.993. The molecule has 0 saturated carbocycles. The summed E-state index contributed by atoms with van der Waals surface area (Å²) in [5.41, 5.74) is 0. The van der Waals surface area contributed by atoms with Crippen molar-refractivity contribution < 1.29 is 8.63 Å². The lowest BCUT2D eigenvalue weighted by atomic mass is 10.4. The fourth-order valence-electron chi connectivity index (χ4n) is 1.58. The van der Waals surface area contributed by atoms with E-state index in [4.69, 9.17) is 4.42 Å². The van der Waals surface area contributed by atoms with Gasteiger partial charge >= 0.3 is 0 Å². The maximum atomic E-state index is 12.0. The zero-order valence-electron chi connectivity index (χ0n) is 10.3. The summed E-state index contributed by atoms with van der Waals surface area (Å²) in [5, 5.41) is 5.22. The minimum atomic E-state index is -0.993. The topological polar surface area (TPSA) is 42.2 Å². The molecule has 2 heterocycles. The van der Waals surface area contributed by atoms with Gasteiger partial charge in [0.2, 0.25) is 0 Å². The molecule has 0 aliphatic carbocycles.